The summed E-state index contributed by atoms with van der Waals surface area (Å²) in [6.07, 6.45) is 0.732. The van der Waals surface area contributed by atoms with E-state index in [2.05, 4.69) is 10.1 Å². The van der Waals surface area contributed by atoms with Crippen LogP contribution in [-0.2, 0) is 19.1 Å². The molecule has 1 saturated carbocycles. The third kappa shape index (κ3) is 3.44. The summed E-state index contributed by atoms with van der Waals surface area (Å²) in [5.74, 6) is -2.67. The molecule has 3 unspecified atom stereocenters. The Hall–Kier alpha value is -1.59. The molecule has 1 aliphatic carbocycles. The fourth-order valence-corrected chi connectivity index (χ4v) is 2.29. The minimum atomic E-state index is -0.924. The third-order valence-corrected chi connectivity index (χ3v) is 3.16. The molecule has 0 heterocycles. The zero-order valence-electron chi connectivity index (χ0n) is 9.93. The molecule has 0 aromatic heterocycles. The molecule has 3 atom stereocenters. The van der Waals surface area contributed by atoms with Gasteiger partial charge in [-0.25, -0.2) is 0 Å². The Balaban J connectivity index is 2.63. The molecule has 0 aliphatic heterocycles. The monoisotopic (exact) mass is 243 g/mol. The lowest BCUT2D eigenvalue weighted by Crippen LogP contribution is -2.31. The van der Waals surface area contributed by atoms with Crippen LogP contribution in [-0.4, -0.2) is 36.6 Å². The molecule has 0 aromatic carbocycles. The topological polar surface area (TPSA) is 92.7 Å². The maximum atomic E-state index is 11.4. The molecular weight excluding hydrogens is 226 g/mol. The summed E-state index contributed by atoms with van der Waals surface area (Å²) in [6, 6.07) is 0. The van der Waals surface area contributed by atoms with Crippen LogP contribution in [0.15, 0.2) is 0 Å². The van der Waals surface area contributed by atoms with Crippen molar-refractivity contribution in [3.05, 3.63) is 0 Å². The number of carboxylic acids is 1. The summed E-state index contributed by atoms with van der Waals surface area (Å²) in [7, 11) is 1.29. The van der Waals surface area contributed by atoms with Crippen LogP contribution in [0.1, 0.15) is 19.8 Å². The summed E-state index contributed by atoms with van der Waals surface area (Å²) >= 11 is 0. The Kier molecular flexibility index (Phi) is 4.48. The molecule has 0 bridgehead atoms. The molecule has 17 heavy (non-hydrogen) atoms. The number of ether oxygens (including phenoxy) is 1. The lowest BCUT2D eigenvalue weighted by Gasteiger charge is -2.15. The van der Waals surface area contributed by atoms with Gasteiger partial charge >= 0.3 is 11.9 Å². The summed E-state index contributed by atoms with van der Waals surface area (Å²) in [4.78, 5) is 33.2. The highest BCUT2D eigenvalue weighted by Gasteiger charge is 2.42. The van der Waals surface area contributed by atoms with Gasteiger partial charge in [-0.3, -0.25) is 14.4 Å². The van der Waals surface area contributed by atoms with Crippen molar-refractivity contribution in [2.24, 2.45) is 17.8 Å². The van der Waals surface area contributed by atoms with E-state index in [0.29, 0.717) is 13.0 Å². The van der Waals surface area contributed by atoms with Crippen molar-refractivity contribution >= 4 is 17.8 Å². The van der Waals surface area contributed by atoms with E-state index in [-0.39, 0.29) is 30.1 Å². The largest absolute Gasteiger partial charge is 0.481 e. The second kappa shape index (κ2) is 5.65. The zero-order chi connectivity index (χ0) is 13.0. The van der Waals surface area contributed by atoms with Gasteiger partial charge in [0, 0.05) is 13.5 Å². The van der Waals surface area contributed by atoms with Gasteiger partial charge in [-0.15, -0.1) is 0 Å². The van der Waals surface area contributed by atoms with Crippen molar-refractivity contribution in [1.29, 1.82) is 0 Å². The molecule has 6 nitrogen and oxygen atoms in total. The fraction of sp³-hybridized carbons (Fsp3) is 0.727. The maximum Gasteiger partial charge on any atom is 0.308 e. The second-order valence-electron chi connectivity index (χ2n) is 4.33. The van der Waals surface area contributed by atoms with E-state index in [9.17, 15) is 14.4 Å². The molecule has 96 valence electrons. The Labute approximate surface area is 99.3 Å². The van der Waals surface area contributed by atoms with Crippen LogP contribution in [0.4, 0.5) is 0 Å². The predicted molar refractivity (Wildman–Crippen MR) is 58.0 cm³/mol. The summed E-state index contributed by atoms with van der Waals surface area (Å²) < 4.78 is 4.62. The third-order valence-electron chi connectivity index (χ3n) is 3.16. The van der Waals surface area contributed by atoms with E-state index >= 15 is 0 Å². The number of esters is 1. The molecule has 1 fully saturated rings. The van der Waals surface area contributed by atoms with E-state index in [1.165, 1.54) is 14.0 Å². The molecule has 1 aliphatic rings. The van der Waals surface area contributed by atoms with Crippen molar-refractivity contribution in [3.8, 4) is 0 Å². The number of hydrogen-bond donors (Lipinski definition) is 2. The first-order valence-electron chi connectivity index (χ1n) is 5.50. The van der Waals surface area contributed by atoms with Crippen molar-refractivity contribution in [3.63, 3.8) is 0 Å². The average Bonchev–Trinajstić information content (AvgIpc) is 2.69. The van der Waals surface area contributed by atoms with Gasteiger partial charge in [0.15, 0.2) is 0 Å². The number of hydrogen-bond acceptors (Lipinski definition) is 4. The SMILES string of the molecule is COC(=O)C1CC(CNC(C)=O)C(C(=O)O)C1. The van der Waals surface area contributed by atoms with Crippen LogP contribution in [0.3, 0.4) is 0 Å². The quantitative estimate of drug-likeness (QED) is 0.679. The van der Waals surface area contributed by atoms with E-state index < -0.39 is 11.9 Å². The first-order valence-corrected chi connectivity index (χ1v) is 5.50. The molecule has 0 aromatic rings. The highest BCUT2D eigenvalue weighted by atomic mass is 16.5. The van der Waals surface area contributed by atoms with Gasteiger partial charge in [0.25, 0.3) is 0 Å². The van der Waals surface area contributed by atoms with Gasteiger partial charge in [0.2, 0.25) is 5.91 Å². The van der Waals surface area contributed by atoms with E-state index in [4.69, 9.17) is 5.11 Å². The zero-order valence-corrected chi connectivity index (χ0v) is 9.93. The highest BCUT2D eigenvalue weighted by molar-refractivity contribution is 5.77. The predicted octanol–water partition coefficient (Wildman–Crippen LogP) is 0.0225. The summed E-state index contributed by atoms with van der Waals surface area (Å²) in [5, 5.41) is 11.7. The van der Waals surface area contributed by atoms with E-state index in [1.807, 2.05) is 0 Å². The molecule has 1 rings (SSSR count). The molecule has 0 spiro atoms. The maximum absolute atomic E-state index is 11.4. The highest BCUT2D eigenvalue weighted by Crippen LogP contribution is 2.36. The van der Waals surface area contributed by atoms with Gasteiger partial charge in [-0.1, -0.05) is 0 Å². The lowest BCUT2D eigenvalue weighted by atomic mass is 9.96. The van der Waals surface area contributed by atoms with E-state index in [0.717, 1.165) is 0 Å². The molecule has 0 saturated heterocycles. The standard InChI is InChI=1S/C11H17NO5/c1-6(13)12-5-8-3-7(11(16)17-2)4-9(8)10(14)15/h7-9H,3-5H2,1-2H3,(H,12,13)(H,14,15). The van der Waals surface area contributed by atoms with Crippen LogP contribution in [0.5, 0.6) is 0 Å². The number of aliphatic carboxylic acids is 1. The number of rotatable bonds is 4. The Morgan fingerprint density at radius 2 is 2.00 bits per heavy atom. The average molecular weight is 243 g/mol. The number of carboxylic acid groups (broad SMARTS) is 1. The minimum absolute atomic E-state index is 0.198. The Morgan fingerprint density at radius 1 is 1.35 bits per heavy atom. The van der Waals surface area contributed by atoms with Crippen molar-refractivity contribution in [1.82, 2.24) is 5.32 Å². The molecular formula is C11H17NO5. The number of amides is 1. The Bertz CT molecular complexity index is 328. The van der Waals surface area contributed by atoms with Crippen molar-refractivity contribution in [2.75, 3.05) is 13.7 Å². The Morgan fingerprint density at radius 3 is 2.47 bits per heavy atom. The van der Waals surface area contributed by atoms with Gasteiger partial charge in [-0.2, -0.15) is 0 Å². The van der Waals surface area contributed by atoms with Crippen LogP contribution >= 0.6 is 0 Å². The lowest BCUT2D eigenvalue weighted by molar-refractivity contribution is -0.145. The first kappa shape index (κ1) is 13.5. The number of methoxy groups -OCH3 is 1. The van der Waals surface area contributed by atoms with Crippen molar-refractivity contribution in [2.45, 2.75) is 19.8 Å². The van der Waals surface area contributed by atoms with Gasteiger partial charge in [0.1, 0.15) is 0 Å². The van der Waals surface area contributed by atoms with Gasteiger partial charge < -0.3 is 15.2 Å². The van der Waals surface area contributed by atoms with Gasteiger partial charge in [-0.05, 0) is 18.8 Å². The van der Waals surface area contributed by atoms with Crippen LogP contribution in [0.25, 0.3) is 0 Å². The molecule has 2 N–H and O–H groups in total. The normalized spacial score (nSPS) is 27.5. The number of nitrogens with one attached hydrogen (secondary N) is 1. The minimum Gasteiger partial charge on any atom is -0.481 e. The first-order chi connectivity index (χ1) is 7.95. The summed E-state index contributed by atoms with van der Waals surface area (Å²) in [6.45, 7) is 1.67. The number of carbonyl (C=O) groups is 3. The number of carbonyl (C=O) groups excluding carboxylic acids is 2. The van der Waals surface area contributed by atoms with E-state index in [1.54, 1.807) is 0 Å². The van der Waals surface area contributed by atoms with Gasteiger partial charge in [0.05, 0.1) is 18.9 Å². The van der Waals surface area contributed by atoms with Crippen LogP contribution in [0, 0.1) is 17.8 Å². The van der Waals surface area contributed by atoms with Crippen LogP contribution < -0.4 is 5.32 Å². The van der Waals surface area contributed by atoms with Crippen LogP contribution in [0.2, 0.25) is 0 Å². The smallest absolute Gasteiger partial charge is 0.308 e. The molecule has 0 radical (unpaired) electrons. The fourth-order valence-electron chi connectivity index (χ4n) is 2.29. The molecule has 1 amide bonds. The van der Waals surface area contributed by atoms with Crippen molar-refractivity contribution < 1.29 is 24.2 Å². The summed E-state index contributed by atoms with van der Waals surface area (Å²) in [5.41, 5.74) is 0. The second-order valence-corrected chi connectivity index (χ2v) is 4.33. The molecule has 6 heteroatoms.